The molecule has 0 fully saturated rings. The molecule has 0 bridgehead atoms. The van der Waals surface area contributed by atoms with Gasteiger partial charge >= 0.3 is 0 Å². The van der Waals surface area contributed by atoms with Crippen molar-refractivity contribution in [2.24, 2.45) is 4.99 Å². The number of aliphatic imine (C=N–C) groups is 1. The van der Waals surface area contributed by atoms with E-state index in [-0.39, 0.29) is 23.8 Å². The van der Waals surface area contributed by atoms with Gasteiger partial charge in [0.2, 0.25) is 5.78 Å². The fourth-order valence-electron chi connectivity index (χ4n) is 0.638. The molecule has 12 heavy (non-hydrogen) atoms. The largest absolute Gasteiger partial charge is 0.379 e. The second kappa shape index (κ2) is 3.61. The molecule has 2 N–H and O–H groups in total. The molecule has 64 valence electrons. The van der Waals surface area contributed by atoms with Crippen LogP contribution in [-0.2, 0) is 0 Å². The molecule has 6 nitrogen and oxygen atoms in total. The first-order valence-electron chi connectivity index (χ1n) is 3.31. The molecule has 1 aromatic heterocycles. The molecule has 0 aliphatic carbocycles. The number of anilines is 1. The molecule has 6 heteroatoms. The van der Waals surface area contributed by atoms with Crippen LogP contribution in [0, 0.1) is 0 Å². The molecule has 0 saturated carbocycles. The maximum atomic E-state index is 11.1. The van der Waals surface area contributed by atoms with E-state index in [4.69, 9.17) is 5.73 Å². The molecule has 0 amide bonds. The highest BCUT2D eigenvalue weighted by molar-refractivity contribution is 5.99. The van der Waals surface area contributed by atoms with Gasteiger partial charge in [-0.05, 0) is 23.5 Å². The van der Waals surface area contributed by atoms with Gasteiger partial charge in [0.1, 0.15) is 6.54 Å². The molecule has 0 atom stereocenters. The zero-order valence-corrected chi connectivity index (χ0v) is 6.52. The average Bonchev–Trinajstić information content (AvgIpc) is 2.47. The molecular formula is C6H8N4O2. The molecule has 1 rings (SSSR count). The minimum absolute atomic E-state index is 0.00584. The van der Waals surface area contributed by atoms with E-state index in [9.17, 15) is 4.79 Å². The summed E-state index contributed by atoms with van der Waals surface area (Å²) in [5.74, 6) is -0.293. The Morgan fingerprint density at radius 2 is 2.50 bits per heavy atom. The van der Waals surface area contributed by atoms with Crippen LogP contribution in [0.3, 0.4) is 0 Å². The fourth-order valence-corrected chi connectivity index (χ4v) is 0.638. The van der Waals surface area contributed by atoms with Crippen LogP contribution in [0.1, 0.15) is 17.4 Å². The van der Waals surface area contributed by atoms with Crippen molar-refractivity contribution in [3.05, 3.63) is 5.69 Å². The predicted octanol–water partition coefficient (Wildman–Crippen LogP) is -0.0748. The lowest BCUT2D eigenvalue weighted by atomic mass is 10.3. The summed E-state index contributed by atoms with van der Waals surface area (Å²) in [6, 6.07) is 0. The molecule has 1 heterocycles. The number of Topliss-reactive ketones (excluding diaryl/α,β-unsaturated/α-hetero) is 1. The number of aromatic nitrogens is 2. The van der Waals surface area contributed by atoms with E-state index >= 15 is 0 Å². The molecule has 0 saturated heterocycles. The summed E-state index contributed by atoms with van der Waals surface area (Å²) in [7, 11) is 0. The summed E-state index contributed by atoms with van der Waals surface area (Å²) >= 11 is 0. The number of hydrogen-bond donors (Lipinski definition) is 1. The molecule has 0 aliphatic rings. The highest BCUT2D eigenvalue weighted by atomic mass is 16.6. The number of carbonyl (C=O) groups excluding carboxylic acids is 1. The SMILES string of the molecule is CC=NCC(=O)c1nonc1N. The van der Waals surface area contributed by atoms with E-state index in [1.807, 2.05) is 0 Å². The van der Waals surface area contributed by atoms with Gasteiger partial charge < -0.3 is 5.73 Å². The van der Waals surface area contributed by atoms with Crippen molar-refractivity contribution in [2.75, 3.05) is 12.3 Å². The lowest BCUT2D eigenvalue weighted by molar-refractivity contribution is 0.0993. The first kappa shape index (κ1) is 8.38. The number of nitrogen functional groups attached to an aromatic ring is 1. The quantitative estimate of drug-likeness (QED) is 0.503. The van der Waals surface area contributed by atoms with Crippen LogP contribution < -0.4 is 5.73 Å². The molecule has 1 aromatic rings. The van der Waals surface area contributed by atoms with Crippen molar-refractivity contribution in [3.8, 4) is 0 Å². The van der Waals surface area contributed by atoms with Gasteiger partial charge in [0.25, 0.3) is 0 Å². The second-order valence-corrected chi connectivity index (χ2v) is 2.02. The van der Waals surface area contributed by atoms with Crippen molar-refractivity contribution in [3.63, 3.8) is 0 Å². The molecule has 0 spiro atoms. The van der Waals surface area contributed by atoms with Gasteiger partial charge in [-0.25, -0.2) is 4.63 Å². The smallest absolute Gasteiger partial charge is 0.209 e. The number of ketones is 1. The third-order valence-corrected chi connectivity index (χ3v) is 1.20. The van der Waals surface area contributed by atoms with Crippen LogP contribution in [0.4, 0.5) is 5.82 Å². The number of rotatable bonds is 3. The van der Waals surface area contributed by atoms with Crippen LogP contribution in [0.2, 0.25) is 0 Å². The summed E-state index contributed by atoms with van der Waals surface area (Å²) < 4.78 is 4.25. The van der Waals surface area contributed by atoms with Gasteiger partial charge in [-0.15, -0.1) is 0 Å². The minimum atomic E-state index is -0.299. The van der Waals surface area contributed by atoms with Crippen LogP contribution in [0.15, 0.2) is 9.62 Å². The Labute approximate surface area is 68.4 Å². The number of nitrogens with zero attached hydrogens (tertiary/aromatic N) is 3. The molecule has 0 radical (unpaired) electrons. The standard InChI is InChI=1S/C6H8N4O2/c1-2-8-3-4(11)5-6(7)10-12-9-5/h2H,3H2,1H3,(H2,7,10). The van der Waals surface area contributed by atoms with Gasteiger partial charge in [0.05, 0.1) is 0 Å². The van der Waals surface area contributed by atoms with Crippen molar-refractivity contribution < 1.29 is 9.42 Å². The van der Waals surface area contributed by atoms with E-state index in [0.717, 1.165) is 0 Å². The maximum Gasteiger partial charge on any atom is 0.209 e. The van der Waals surface area contributed by atoms with Crippen molar-refractivity contribution >= 4 is 17.8 Å². The Kier molecular flexibility index (Phi) is 2.52. The molecular weight excluding hydrogens is 160 g/mol. The Balaban J connectivity index is 2.71. The van der Waals surface area contributed by atoms with Crippen molar-refractivity contribution in [1.29, 1.82) is 0 Å². The van der Waals surface area contributed by atoms with Crippen LogP contribution in [-0.4, -0.2) is 28.9 Å². The van der Waals surface area contributed by atoms with Crippen LogP contribution in [0.25, 0.3) is 0 Å². The highest BCUT2D eigenvalue weighted by Crippen LogP contribution is 2.04. The molecule has 0 unspecified atom stereocenters. The van der Waals surface area contributed by atoms with Gasteiger partial charge in [0, 0.05) is 0 Å². The van der Waals surface area contributed by atoms with E-state index in [1.54, 1.807) is 6.92 Å². The van der Waals surface area contributed by atoms with Gasteiger partial charge in [0.15, 0.2) is 11.5 Å². The zero-order valence-electron chi connectivity index (χ0n) is 6.52. The summed E-state index contributed by atoms with van der Waals surface area (Å²) in [5, 5.41) is 6.60. The van der Waals surface area contributed by atoms with Crippen molar-refractivity contribution in [1.82, 2.24) is 10.3 Å². The van der Waals surface area contributed by atoms with E-state index < -0.39 is 0 Å². The Morgan fingerprint density at radius 3 is 3.00 bits per heavy atom. The number of nitrogens with two attached hydrogens (primary N) is 1. The van der Waals surface area contributed by atoms with E-state index in [1.165, 1.54) is 6.21 Å². The van der Waals surface area contributed by atoms with Crippen molar-refractivity contribution in [2.45, 2.75) is 6.92 Å². The summed E-state index contributed by atoms with van der Waals surface area (Å²) in [6.45, 7) is 1.74. The summed E-state index contributed by atoms with van der Waals surface area (Å²) in [5.41, 5.74) is 5.32. The highest BCUT2D eigenvalue weighted by Gasteiger charge is 2.14. The van der Waals surface area contributed by atoms with Crippen LogP contribution >= 0.6 is 0 Å². The molecule has 0 aromatic carbocycles. The number of carbonyl (C=O) groups is 1. The summed E-state index contributed by atoms with van der Waals surface area (Å²) in [4.78, 5) is 14.9. The van der Waals surface area contributed by atoms with Gasteiger partial charge in [-0.2, -0.15) is 0 Å². The van der Waals surface area contributed by atoms with Crippen LogP contribution in [0.5, 0.6) is 0 Å². The maximum absolute atomic E-state index is 11.1. The Hall–Kier alpha value is -1.72. The topological polar surface area (TPSA) is 94.4 Å². The monoisotopic (exact) mass is 168 g/mol. The van der Waals surface area contributed by atoms with E-state index in [0.29, 0.717) is 0 Å². The first-order valence-corrected chi connectivity index (χ1v) is 3.31. The third kappa shape index (κ3) is 1.66. The van der Waals surface area contributed by atoms with E-state index in [2.05, 4.69) is 19.9 Å². The third-order valence-electron chi connectivity index (χ3n) is 1.20. The van der Waals surface area contributed by atoms with Gasteiger partial charge in [-0.3, -0.25) is 9.79 Å². The predicted molar refractivity (Wildman–Crippen MR) is 42.1 cm³/mol. The fraction of sp³-hybridized carbons (Fsp3) is 0.333. The Morgan fingerprint density at radius 1 is 1.75 bits per heavy atom. The normalized spacial score (nSPS) is 10.8. The first-order chi connectivity index (χ1) is 5.75. The summed E-state index contributed by atoms with van der Waals surface area (Å²) in [6.07, 6.45) is 1.53. The van der Waals surface area contributed by atoms with Gasteiger partial charge in [-0.1, -0.05) is 0 Å². The molecule has 0 aliphatic heterocycles. The second-order valence-electron chi connectivity index (χ2n) is 2.02. The zero-order chi connectivity index (χ0) is 8.97. The lowest BCUT2D eigenvalue weighted by Crippen LogP contribution is -2.06. The Bertz CT molecular complexity index is 304. The minimum Gasteiger partial charge on any atom is -0.379 e. The average molecular weight is 168 g/mol. The number of hydrogen-bond acceptors (Lipinski definition) is 6. The lowest BCUT2D eigenvalue weighted by Gasteiger charge is -1.88.